The Kier molecular flexibility index (Phi) is 7.77. The number of nitrogens with one attached hydrogen (secondary N) is 1. The Labute approximate surface area is 158 Å². The summed E-state index contributed by atoms with van der Waals surface area (Å²) in [6, 6.07) is 4.99. The van der Waals surface area contributed by atoms with Crippen LogP contribution >= 0.6 is 12.4 Å². The molecule has 1 aromatic rings. The fraction of sp³-hybridized carbons (Fsp3) is 0.611. The third kappa shape index (κ3) is 6.36. The van der Waals surface area contributed by atoms with Gasteiger partial charge in [-0.1, -0.05) is 25.0 Å². The molecule has 148 valence electrons. The van der Waals surface area contributed by atoms with Gasteiger partial charge in [0, 0.05) is 17.6 Å². The minimum Gasteiger partial charge on any atom is -0.484 e. The molecule has 0 aliphatic heterocycles. The molecule has 0 spiro atoms. The van der Waals surface area contributed by atoms with Gasteiger partial charge in [0.05, 0.1) is 5.92 Å². The van der Waals surface area contributed by atoms with Gasteiger partial charge in [0.25, 0.3) is 0 Å². The van der Waals surface area contributed by atoms with Gasteiger partial charge in [-0.05, 0) is 38.3 Å². The van der Waals surface area contributed by atoms with E-state index in [4.69, 9.17) is 10.5 Å². The molecule has 3 N–H and O–H groups in total. The number of amides is 1. The fourth-order valence-electron chi connectivity index (χ4n) is 3.20. The summed E-state index contributed by atoms with van der Waals surface area (Å²) < 4.78 is 42.1. The van der Waals surface area contributed by atoms with Crippen molar-refractivity contribution in [2.75, 3.05) is 6.61 Å². The van der Waals surface area contributed by atoms with Crippen molar-refractivity contribution in [3.05, 3.63) is 29.3 Å². The number of nitrogens with two attached hydrogens (primary N) is 1. The number of carbonyl (C=O) groups is 1. The molecule has 1 aliphatic rings. The Hall–Kier alpha value is -1.47. The zero-order valence-corrected chi connectivity index (χ0v) is 15.8. The summed E-state index contributed by atoms with van der Waals surface area (Å²) in [6.07, 6.45) is -0.938. The van der Waals surface area contributed by atoms with Crippen LogP contribution in [-0.4, -0.2) is 24.2 Å². The highest BCUT2D eigenvalue weighted by molar-refractivity contribution is 5.85. The van der Waals surface area contributed by atoms with E-state index in [1.165, 1.54) is 0 Å². The lowest BCUT2D eigenvalue weighted by Crippen LogP contribution is -2.52. The molecule has 0 saturated heterocycles. The van der Waals surface area contributed by atoms with Crippen LogP contribution in [0.25, 0.3) is 0 Å². The highest BCUT2D eigenvalue weighted by Crippen LogP contribution is 2.32. The molecule has 1 aliphatic carbocycles. The zero-order chi connectivity index (χ0) is 18.7. The monoisotopic (exact) mass is 394 g/mol. The van der Waals surface area contributed by atoms with Crippen molar-refractivity contribution in [3.63, 3.8) is 0 Å². The first kappa shape index (κ1) is 22.6. The van der Waals surface area contributed by atoms with E-state index in [2.05, 4.69) is 5.32 Å². The number of aryl methyl sites for hydroxylation is 1. The van der Waals surface area contributed by atoms with Gasteiger partial charge < -0.3 is 15.8 Å². The largest absolute Gasteiger partial charge is 0.484 e. The minimum absolute atomic E-state index is 0. The second-order valence-corrected chi connectivity index (χ2v) is 7.04. The van der Waals surface area contributed by atoms with Gasteiger partial charge >= 0.3 is 6.18 Å². The van der Waals surface area contributed by atoms with Crippen molar-refractivity contribution in [3.8, 4) is 5.75 Å². The van der Waals surface area contributed by atoms with E-state index in [9.17, 15) is 18.0 Å². The van der Waals surface area contributed by atoms with Crippen molar-refractivity contribution in [1.29, 1.82) is 0 Å². The summed E-state index contributed by atoms with van der Waals surface area (Å²) in [6.45, 7) is 2.39. The molecule has 2 unspecified atom stereocenters. The third-order valence-electron chi connectivity index (χ3n) is 4.64. The number of hydrogen-bond donors (Lipinski definition) is 2. The van der Waals surface area contributed by atoms with Crippen molar-refractivity contribution in [2.24, 2.45) is 11.7 Å². The lowest BCUT2D eigenvalue weighted by molar-refractivity contribution is -0.153. The standard InChI is InChI=1S/C18H25F3N2O2.ClH/c1-12-6-7-13(15(9-12)25-11-18(19,20)21)10-23-16(24)14-5-3-4-8-17(14,2)22;/h6-7,9,14H,3-5,8,10-11,22H2,1-2H3,(H,23,24);1H. The first-order valence-corrected chi connectivity index (χ1v) is 8.44. The van der Waals surface area contributed by atoms with Crippen LogP contribution in [0, 0.1) is 12.8 Å². The molecule has 1 fully saturated rings. The quantitative estimate of drug-likeness (QED) is 0.796. The number of rotatable bonds is 5. The van der Waals surface area contributed by atoms with Crippen LogP contribution in [-0.2, 0) is 11.3 Å². The van der Waals surface area contributed by atoms with Gasteiger partial charge in [0.15, 0.2) is 6.61 Å². The number of halogens is 4. The van der Waals surface area contributed by atoms with Crippen LogP contribution in [0.3, 0.4) is 0 Å². The summed E-state index contributed by atoms with van der Waals surface area (Å²) in [4.78, 5) is 12.5. The van der Waals surface area contributed by atoms with Crippen LogP contribution in [0.1, 0.15) is 43.7 Å². The van der Waals surface area contributed by atoms with E-state index in [0.29, 0.717) is 5.56 Å². The number of hydrogen-bond acceptors (Lipinski definition) is 3. The maximum absolute atomic E-state index is 12.5. The molecule has 0 heterocycles. The summed E-state index contributed by atoms with van der Waals surface area (Å²) in [5, 5.41) is 2.80. The Morgan fingerprint density at radius 1 is 1.38 bits per heavy atom. The lowest BCUT2D eigenvalue weighted by Gasteiger charge is -2.37. The summed E-state index contributed by atoms with van der Waals surface area (Å²) in [5.41, 5.74) is 6.97. The maximum Gasteiger partial charge on any atom is 0.422 e. The van der Waals surface area contributed by atoms with Crippen LogP contribution in [0.2, 0.25) is 0 Å². The molecule has 1 saturated carbocycles. The Morgan fingerprint density at radius 2 is 2.08 bits per heavy atom. The molecular formula is C18H26ClF3N2O2. The van der Waals surface area contributed by atoms with Gasteiger partial charge in [0.2, 0.25) is 5.91 Å². The first-order chi connectivity index (χ1) is 11.6. The summed E-state index contributed by atoms with van der Waals surface area (Å²) >= 11 is 0. The van der Waals surface area contributed by atoms with E-state index in [-0.39, 0.29) is 36.5 Å². The van der Waals surface area contributed by atoms with Gasteiger partial charge in [0.1, 0.15) is 5.75 Å². The smallest absolute Gasteiger partial charge is 0.422 e. The van der Waals surface area contributed by atoms with E-state index < -0.39 is 18.3 Å². The Morgan fingerprint density at radius 3 is 2.69 bits per heavy atom. The molecule has 0 aromatic heterocycles. The predicted octanol–water partition coefficient (Wildman–Crippen LogP) is 3.88. The molecular weight excluding hydrogens is 369 g/mol. The van der Waals surface area contributed by atoms with E-state index >= 15 is 0 Å². The topological polar surface area (TPSA) is 64.4 Å². The maximum atomic E-state index is 12.5. The summed E-state index contributed by atoms with van der Waals surface area (Å²) in [7, 11) is 0. The highest BCUT2D eigenvalue weighted by Gasteiger charge is 2.37. The predicted molar refractivity (Wildman–Crippen MR) is 96.4 cm³/mol. The fourth-order valence-corrected chi connectivity index (χ4v) is 3.20. The molecule has 4 nitrogen and oxygen atoms in total. The van der Waals surface area contributed by atoms with Gasteiger partial charge in [-0.25, -0.2) is 0 Å². The number of ether oxygens (including phenoxy) is 1. The molecule has 0 bridgehead atoms. The van der Waals surface area contributed by atoms with Crippen LogP contribution in [0.5, 0.6) is 5.75 Å². The minimum atomic E-state index is -4.41. The second kappa shape index (κ2) is 8.95. The highest BCUT2D eigenvalue weighted by atomic mass is 35.5. The normalized spacial score (nSPS) is 23.1. The zero-order valence-electron chi connectivity index (χ0n) is 15.0. The molecule has 0 radical (unpaired) electrons. The molecule has 1 aromatic carbocycles. The molecule has 1 amide bonds. The average molecular weight is 395 g/mol. The van der Waals surface area contributed by atoms with Crippen molar-refractivity contribution >= 4 is 18.3 Å². The lowest BCUT2D eigenvalue weighted by atomic mass is 9.74. The molecule has 8 heteroatoms. The summed E-state index contributed by atoms with van der Waals surface area (Å²) in [5.74, 6) is -0.310. The second-order valence-electron chi connectivity index (χ2n) is 7.04. The average Bonchev–Trinajstić information content (AvgIpc) is 2.50. The molecule has 26 heavy (non-hydrogen) atoms. The van der Waals surface area contributed by atoms with Crippen LogP contribution in [0.4, 0.5) is 13.2 Å². The number of alkyl halides is 3. The Balaban J connectivity index is 0.00000338. The molecule has 2 atom stereocenters. The third-order valence-corrected chi connectivity index (χ3v) is 4.64. The van der Waals surface area contributed by atoms with Crippen molar-refractivity contribution in [1.82, 2.24) is 5.32 Å². The van der Waals surface area contributed by atoms with Crippen molar-refractivity contribution < 1.29 is 22.7 Å². The van der Waals surface area contributed by atoms with Gasteiger partial charge in [-0.3, -0.25) is 4.79 Å². The van der Waals surface area contributed by atoms with Gasteiger partial charge in [-0.15, -0.1) is 12.4 Å². The van der Waals surface area contributed by atoms with Crippen molar-refractivity contribution in [2.45, 2.75) is 57.8 Å². The van der Waals surface area contributed by atoms with Crippen LogP contribution < -0.4 is 15.8 Å². The Bertz CT molecular complexity index is 621. The number of carbonyl (C=O) groups excluding carboxylic acids is 1. The number of benzene rings is 1. The van der Waals surface area contributed by atoms with E-state index in [1.54, 1.807) is 25.1 Å². The first-order valence-electron chi connectivity index (χ1n) is 8.44. The van der Waals surface area contributed by atoms with E-state index in [0.717, 1.165) is 31.2 Å². The van der Waals surface area contributed by atoms with E-state index in [1.807, 2.05) is 6.92 Å². The SMILES string of the molecule is Cc1ccc(CNC(=O)C2CCCCC2(C)N)c(OCC(F)(F)F)c1.Cl. The molecule has 2 rings (SSSR count). The van der Waals surface area contributed by atoms with Crippen LogP contribution in [0.15, 0.2) is 18.2 Å². The van der Waals surface area contributed by atoms with Gasteiger partial charge in [-0.2, -0.15) is 13.2 Å².